The van der Waals surface area contributed by atoms with Crippen LogP contribution in [-0.2, 0) is 14.3 Å². The molecule has 0 fully saturated rings. The van der Waals surface area contributed by atoms with Gasteiger partial charge in [0, 0.05) is 24.0 Å². The summed E-state index contributed by atoms with van der Waals surface area (Å²) in [6, 6.07) is 5.23. The van der Waals surface area contributed by atoms with Crippen LogP contribution in [0, 0.1) is 6.92 Å². The van der Waals surface area contributed by atoms with Gasteiger partial charge >= 0.3 is 5.97 Å². The molecule has 0 spiro atoms. The van der Waals surface area contributed by atoms with Gasteiger partial charge in [-0.3, -0.25) is 9.59 Å². The van der Waals surface area contributed by atoms with Gasteiger partial charge in [-0.1, -0.05) is 18.7 Å². The normalized spacial score (nSPS) is 10.3. The molecule has 1 aromatic carbocycles. The molecule has 29 heavy (non-hydrogen) atoms. The van der Waals surface area contributed by atoms with E-state index < -0.39 is 5.97 Å². The number of thioether (sulfide) groups is 1. The van der Waals surface area contributed by atoms with Gasteiger partial charge in [0.25, 0.3) is 0 Å². The number of benzene rings is 1. The molecule has 0 radical (unpaired) electrons. The predicted octanol–water partition coefficient (Wildman–Crippen LogP) is 2.62. The van der Waals surface area contributed by atoms with Gasteiger partial charge in [0.15, 0.2) is 5.16 Å². The highest BCUT2D eigenvalue weighted by molar-refractivity contribution is 7.99. The maximum absolute atomic E-state index is 12.2. The summed E-state index contributed by atoms with van der Waals surface area (Å²) >= 11 is 1.09. The van der Waals surface area contributed by atoms with E-state index in [2.05, 4.69) is 20.6 Å². The van der Waals surface area contributed by atoms with Crippen molar-refractivity contribution in [1.29, 1.82) is 0 Å². The van der Waals surface area contributed by atoms with E-state index in [4.69, 9.17) is 10.5 Å². The Bertz CT molecular complexity index is 919. The average molecular weight is 417 g/mol. The molecular formula is C19H23N5O4S. The number of nitrogens with one attached hydrogen (secondary N) is 2. The lowest BCUT2D eigenvalue weighted by molar-refractivity contribution is -0.116. The fourth-order valence-electron chi connectivity index (χ4n) is 2.26. The number of carbonyl (C=O) groups excluding carboxylic acids is 3. The van der Waals surface area contributed by atoms with Gasteiger partial charge in [-0.2, -0.15) is 0 Å². The van der Waals surface area contributed by atoms with Crippen molar-refractivity contribution < 1.29 is 19.1 Å². The number of aromatic nitrogens is 2. The second-order valence-corrected chi connectivity index (χ2v) is 6.88. The average Bonchev–Trinajstić information content (AvgIpc) is 2.68. The Morgan fingerprint density at radius 2 is 1.93 bits per heavy atom. The zero-order chi connectivity index (χ0) is 21.4. The molecule has 0 bridgehead atoms. The fourth-order valence-corrected chi connectivity index (χ4v) is 2.88. The summed E-state index contributed by atoms with van der Waals surface area (Å²) < 4.78 is 4.87. The molecule has 0 saturated heterocycles. The van der Waals surface area contributed by atoms with Crippen LogP contribution in [0.2, 0.25) is 0 Å². The van der Waals surface area contributed by atoms with E-state index in [9.17, 15) is 14.4 Å². The molecule has 1 heterocycles. The van der Waals surface area contributed by atoms with E-state index in [-0.39, 0.29) is 40.7 Å². The maximum Gasteiger partial charge on any atom is 0.343 e. The second kappa shape index (κ2) is 10.4. The SMILES string of the molecule is CCOC(=O)c1cnc(SCC(=O)Nc2ccc(NC(=O)CC)c(C)c2)nc1N. The van der Waals surface area contributed by atoms with Crippen LogP contribution in [0.1, 0.15) is 36.2 Å². The molecule has 154 valence electrons. The Morgan fingerprint density at radius 1 is 1.17 bits per heavy atom. The van der Waals surface area contributed by atoms with Gasteiger partial charge in [-0.15, -0.1) is 0 Å². The Hall–Kier alpha value is -3.14. The molecule has 0 unspecified atom stereocenters. The van der Waals surface area contributed by atoms with Crippen molar-refractivity contribution in [1.82, 2.24) is 9.97 Å². The van der Waals surface area contributed by atoms with Crippen molar-refractivity contribution in [3.05, 3.63) is 35.5 Å². The van der Waals surface area contributed by atoms with Gasteiger partial charge in [0.2, 0.25) is 11.8 Å². The Balaban J connectivity index is 1.93. The molecular weight excluding hydrogens is 394 g/mol. The van der Waals surface area contributed by atoms with E-state index in [0.717, 1.165) is 17.3 Å². The monoisotopic (exact) mass is 417 g/mol. The Morgan fingerprint density at radius 3 is 2.55 bits per heavy atom. The van der Waals surface area contributed by atoms with Crippen molar-refractivity contribution >= 4 is 46.7 Å². The Kier molecular flexibility index (Phi) is 7.96. The smallest absolute Gasteiger partial charge is 0.343 e. The van der Waals surface area contributed by atoms with Gasteiger partial charge in [-0.25, -0.2) is 14.8 Å². The number of nitrogens with zero attached hydrogens (tertiary/aromatic N) is 2. The summed E-state index contributed by atoms with van der Waals surface area (Å²) in [4.78, 5) is 43.4. The summed E-state index contributed by atoms with van der Waals surface area (Å²) in [5, 5.41) is 5.85. The van der Waals surface area contributed by atoms with E-state index in [1.165, 1.54) is 6.20 Å². The number of ether oxygens (including phenoxy) is 1. The molecule has 2 amide bonds. The molecule has 0 aliphatic rings. The zero-order valence-electron chi connectivity index (χ0n) is 16.4. The van der Waals surface area contributed by atoms with Crippen molar-refractivity contribution in [3.63, 3.8) is 0 Å². The standard InChI is InChI=1S/C19H23N5O4S/c1-4-15(25)23-14-7-6-12(8-11(14)3)22-16(26)10-29-19-21-9-13(17(20)24-19)18(27)28-5-2/h6-9H,4-5,10H2,1-3H3,(H,22,26)(H,23,25)(H2,20,21,24). The van der Waals surface area contributed by atoms with E-state index in [1.54, 1.807) is 32.0 Å². The molecule has 10 heteroatoms. The first-order valence-electron chi connectivity index (χ1n) is 8.96. The predicted molar refractivity (Wildman–Crippen MR) is 112 cm³/mol. The zero-order valence-corrected chi connectivity index (χ0v) is 17.3. The summed E-state index contributed by atoms with van der Waals surface area (Å²) in [6.45, 7) is 5.53. The first kappa shape index (κ1) is 22.2. The van der Waals surface area contributed by atoms with E-state index in [1.807, 2.05) is 6.92 Å². The minimum absolute atomic E-state index is 0.00157. The lowest BCUT2D eigenvalue weighted by Gasteiger charge is -2.11. The van der Waals surface area contributed by atoms with Crippen LogP contribution < -0.4 is 16.4 Å². The number of hydrogen-bond acceptors (Lipinski definition) is 8. The molecule has 0 saturated carbocycles. The van der Waals surface area contributed by atoms with Crippen molar-refractivity contribution in [3.8, 4) is 0 Å². The minimum Gasteiger partial charge on any atom is -0.462 e. The number of nitrogen functional groups attached to an aromatic ring is 1. The molecule has 2 aromatic rings. The lowest BCUT2D eigenvalue weighted by atomic mass is 10.1. The summed E-state index contributed by atoms with van der Waals surface area (Å²) in [5.41, 5.74) is 8.00. The third-order valence-corrected chi connectivity index (χ3v) is 4.59. The van der Waals surface area contributed by atoms with Crippen LogP contribution in [0.5, 0.6) is 0 Å². The molecule has 0 aliphatic heterocycles. The van der Waals surface area contributed by atoms with Crippen molar-refractivity contribution in [2.75, 3.05) is 28.7 Å². The van der Waals surface area contributed by atoms with E-state index >= 15 is 0 Å². The lowest BCUT2D eigenvalue weighted by Crippen LogP contribution is -2.15. The minimum atomic E-state index is -0.590. The fraction of sp³-hybridized carbons (Fsp3) is 0.316. The highest BCUT2D eigenvalue weighted by Gasteiger charge is 2.14. The van der Waals surface area contributed by atoms with Gasteiger partial charge in [0.1, 0.15) is 11.4 Å². The topological polar surface area (TPSA) is 136 Å². The number of carbonyl (C=O) groups is 3. The molecule has 2 rings (SSSR count). The molecule has 0 aliphatic carbocycles. The van der Waals surface area contributed by atoms with Gasteiger partial charge < -0.3 is 21.1 Å². The van der Waals surface area contributed by atoms with Crippen LogP contribution in [-0.4, -0.2) is 40.1 Å². The summed E-state index contributed by atoms with van der Waals surface area (Å²) in [6.07, 6.45) is 1.68. The Labute approximate surface area is 172 Å². The third kappa shape index (κ3) is 6.46. The summed E-state index contributed by atoms with van der Waals surface area (Å²) in [5.74, 6) is -0.855. The van der Waals surface area contributed by atoms with Crippen LogP contribution >= 0.6 is 11.8 Å². The quantitative estimate of drug-likeness (QED) is 0.339. The maximum atomic E-state index is 12.2. The molecule has 9 nitrogen and oxygen atoms in total. The van der Waals surface area contributed by atoms with Crippen molar-refractivity contribution in [2.24, 2.45) is 0 Å². The number of aryl methyl sites for hydroxylation is 1. The number of nitrogens with two attached hydrogens (primary N) is 1. The van der Waals surface area contributed by atoms with Gasteiger partial charge in [-0.05, 0) is 37.6 Å². The highest BCUT2D eigenvalue weighted by atomic mass is 32.2. The summed E-state index contributed by atoms with van der Waals surface area (Å²) in [7, 11) is 0. The van der Waals surface area contributed by atoms with Crippen LogP contribution in [0.15, 0.2) is 29.6 Å². The molecule has 4 N–H and O–H groups in total. The van der Waals surface area contributed by atoms with Crippen LogP contribution in [0.25, 0.3) is 0 Å². The largest absolute Gasteiger partial charge is 0.462 e. The highest BCUT2D eigenvalue weighted by Crippen LogP contribution is 2.21. The third-order valence-electron chi connectivity index (χ3n) is 3.73. The van der Waals surface area contributed by atoms with E-state index in [0.29, 0.717) is 17.8 Å². The number of hydrogen-bond donors (Lipinski definition) is 3. The number of amides is 2. The number of anilines is 3. The number of esters is 1. The first-order valence-corrected chi connectivity index (χ1v) is 9.95. The van der Waals surface area contributed by atoms with Crippen molar-refractivity contribution in [2.45, 2.75) is 32.3 Å². The van der Waals surface area contributed by atoms with Crippen LogP contribution in [0.3, 0.4) is 0 Å². The molecule has 0 atom stereocenters. The number of rotatable bonds is 8. The first-order chi connectivity index (χ1) is 13.8. The van der Waals surface area contributed by atoms with Gasteiger partial charge in [0.05, 0.1) is 12.4 Å². The second-order valence-electron chi connectivity index (χ2n) is 5.94. The van der Waals surface area contributed by atoms with Crippen LogP contribution in [0.4, 0.5) is 17.2 Å². The molecule has 1 aromatic heterocycles.